The van der Waals surface area contributed by atoms with Crippen LogP contribution in [0.1, 0.15) is 30.6 Å². The molecular formula is C19H27N5O2. The Balaban J connectivity index is 1.79. The molecule has 0 bridgehead atoms. The molecule has 3 rings (SSSR count). The summed E-state index contributed by atoms with van der Waals surface area (Å²) in [6, 6.07) is 7.72. The van der Waals surface area contributed by atoms with Crippen LogP contribution in [0.4, 0.5) is 0 Å². The minimum atomic E-state index is 0.0152. The average molecular weight is 357 g/mol. The Morgan fingerprint density at radius 1 is 1.23 bits per heavy atom. The van der Waals surface area contributed by atoms with Crippen molar-refractivity contribution in [3.05, 3.63) is 42.5 Å². The lowest BCUT2D eigenvalue weighted by molar-refractivity contribution is 0.0384. The van der Waals surface area contributed by atoms with Gasteiger partial charge in [0.1, 0.15) is 12.7 Å². The van der Waals surface area contributed by atoms with Gasteiger partial charge in [-0.15, -0.1) is 10.2 Å². The van der Waals surface area contributed by atoms with Crippen LogP contribution >= 0.6 is 0 Å². The zero-order valence-electron chi connectivity index (χ0n) is 15.5. The number of hydrogen-bond donors (Lipinski definition) is 1. The van der Waals surface area contributed by atoms with Crippen molar-refractivity contribution in [3.8, 4) is 5.69 Å². The largest absolute Gasteiger partial charge is 0.396 e. The molecule has 1 saturated heterocycles. The third-order valence-corrected chi connectivity index (χ3v) is 4.79. The van der Waals surface area contributed by atoms with Gasteiger partial charge in [-0.1, -0.05) is 26.0 Å². The minimum absolute atomic E-state index is 0.0152. The molecule has 140 valence electrons. The molecule has 1 aromatic carbocycles. The van der Waals surface area contributed by atoms with Crippen LogP contribution < -0.4 is 0 Å². The van der Waals surface area contributed by atoms with Gasteiger partial charge >= 0.3 is 0 Å². The average Bonchev–Trinajstić information content (AvgIpc) is 3.17. The number of carbonyl (C=O) groups is 1. The molecule has 1 atom stereocenters. The number of nitrogens with zero attached hydrogens (tertiary/aromatic N) is 5. The number of aromatic nitrogens is 3. The maximum absolute atomic E-state index is 13.2. The summed E-state index contributed by atoms with van der Waals surface area (Å²) in [7, 11) is 0. The van der Waals surface area contributed by atoms with Crippen LogP contribution in [0.2, 0.25) is 0 Å². The normalized spacial score (nSPS) is 18.5. The zero-order valence-corrected chi connectivity index (χ0v) is 15.5. The van der Waals surface area contributed by atoms with E-state index in [0.717, 1.165) is 18.8 Å². The molecule has 1 aliphatic heterocycles. The van der Waals surface area contributed by atoms with Crippen LogP contribution in [0.5, 0.6) is 0 Å². The Hall–Kier alpha value is -2.25. The molecule has 2 aromatic rings. The van der Waals surface area contributed by atoms with E-state index >= 15 is 0 Å². The van der Waals surface area contributed by atoms with Gasteiger partial charge in [0.05, 0.1) is 11.3 Å². The lowest BCUT2D eigenvalue weighted by atomic mass is 10.0. The van der Waals surface area contributed by atoms with Crippen molar-refractivity contribution in [3.63, 3.8) is 0 Å². The summed E-state index contributed by atoms with van der Waals surface area (Å²) < 4.78 is 1.76. The second-order valence-corrected chi connectivity index (χ2v) is 7.19. The van der Waals surface area contributed by atoms with Gasteiger partial charge in [0.2, 0.25) is 0 Å². The number of rotatable bonds is 6. The Morgan fingerprint density at radius 2 is 1.96 bits per heavy atom. The first kappa shape index (κ1) is 18.5. The van der Waals surface area contributed by atoms with E-state index in [-0.39, 0.29) is 18.6 Å². The topological polar surface area (TPSA) is 74.5 Å². The maximum Gasteiger partial charge on any atom is 0.256 e. The van der Waals surface area contributed by atoms with Gasteiger partial charge in [0.25, 0.3) is 5.91 Å². The molecule has 2 heterocycles. The minimum Gasteiger partial charge on any atom is -0.396 e. The van der Waals surface area contributed by atoms with Crippen molar-refractivity contribution in [2.24, 2.45) is 5.92 Å². The molecule has 0 saturated carbocycles. The third kappa shape index (κ3) is 4.11. The molecule has 1 amide bonds. The monoisotopic (exact) mass is 357 g/mol. The van der Waals surface area contributed by atoms with E-state index in [1.807, 2.05) is 29.2 Å². The third-order valence-electron chi connectivity index (χ3n) is 4.79. The molecule has 7 heteroatoms. The number of benzene rings is 1. The molecule has 1 aromatic heterocycles. The molecule has 1 N–H and O–H groups in total. The lowest BCUT2D eigenvalue weighted by Crippen LogP contribution is -2.55. The fourth-order valence-electron chi connectivity index (χ4n) is 3.58. The van der Waals surface area contributed by atoms with Crippen molar-refractivity contribution < 1.29 is 9.90 Å². The first-order chi connectivity index (χ1) is 12.6. The van der Waals surface area contributed by atoms with Crippen molar-refractivity contribution in [2.75, 3.05) is 32.8 Å². The number of para-hydroxylation sites is 1. The number of aliphatic hydroxyl groups excluding tert-OH is 1. The van der Waals surface area contributed by atoms with Gasteiger partial charge in [0.15, 0.2) is 0 Å². The van der Waals surface area contributed by atoms with Gasteiger partial charge in [0, 0.05) is 38.8 Å². The summed E-state index contributed by atoms with van der Waals surface area (Å²) in [5.41, 5.74) is 1.43. The van der Waals surface area contributed by atoms with E-state index in [2.05, 4.69) is 28.9 Å². The van der Waals surface area contributed by atoms with Crippen LogP contribution in [0.25, 0.3) is 5.69 Å². The van der Waals surface area contributed by atoms with Gasteiger partial charge in [-0.05, 0) is 24.5 Å². The first-order valence-electron chi connectivity index (χ1n) is 9.18. The molecule has 7 nitrogen and oxygen atoms in total. The van der Waals surface area contributed by atoms with Crippen LogP contribution in [0, 0.1) is 5.92 Å². The quantitative estimate of drug-likeness (QED) is 0.847. The number of amides is 1. The predicted molar refractivity (Wildman–Crippen MR) is 99.2 cm³/mol. The van der Waals surface area contributed by atoms with E-state index in [1.165, 1.54) is 0 Å². The van der Waals surface area contributed by atoms with E-state index in [1.54, 1.807) is 17.2 Å². The summed E-state index contributed by atoms with van der Waals surface area (Å²) in [6.45, 7) is 7.70. The molecule has 1 aliphatic rings. The highest BCUT2D eigenvalue weighted by Crippen LogP contribution is 2.20. The van der Waals surface area contributed by atoms with Crippen molar-refractivity contribution >= 4 is 5.91 Å². The standard InChI is InChI=1S/C19H27N5O2/c1-15(2)11-22-8-9-23(12-16(22)7-10-25)19(26)17-5-3-4-6-18(17)24-13-20-21-14-24/h3-6,13-16,25H,7-12H2,1-2H3. The van der Waals surface area contributed by atoms with E-state index < -0.39 is 0 Å². The smallest absolute Gasteiger partial charge is 0.256 e. The Labute approximate surface area is 154 Å². The molecular weight excluding hydrogens is 330 g/mol. The van der Waals surface area contributed by atoms with Crippen molar-refractivity contribution in [1.82, 2.24) is 24.6 Å². The fraction of sp³-hybridized carbons (Fsp3) is 0.526. The number of hydrogen-bond acceptors (Lipinski definition) is 5. The second kappa shape index (κ2) is 8.42. The highest BCUT2D eigenvalue weighted by Gasteiger charge is 2.30. The summed E-state index contributed by atoms with van der Waals surface area (Å²) in [5, 5.41) is 17.1. The number of piperazine rings is 1. The lowest BCUT2D eigenvalue weighted by Gasteiger charge is -2.42. The highest BCUT2D eigenvalue weighted by atomic mass is 16.3. The molecule has 0 spiro atoms. The Kier molecular flexibility index (Phi) is 6.00. The predicted octanol–water partition coefficient (Wildman–Crippen LogP) is 1.43. The van der Waals surface area contributed by atoms with E-state index in [0.29, 0.717) is 31.0 Å². The SMILES string of the molecule is CC(C)CN1CCN(C(=O)c2ccccc2-n2cnnc2)CC1CCO. The van der Waals surface area contributed by atoms with Gasteiger partial charge in [-0.3, -0.25) is 14.3 Å². The summed E-state index contributed by atoms with van der Waals surface area (Å²) >= 11 is 0. The van der Waals surface area contributed by atoms with Crippen LogP contribution in [-0.4, -0.2) is 74.4 Å². The summed E-state index contributed by atoms with van der Waals surface area (Å²) in [6.07, 6.45) is 3.88. The summed E-state index contributed by atoms with van der Waals surface area (Å²) in [5.74, 6) is 0.578. The molecule has 1 fully saturated rings. The van der Waals surface area contributed by atoms with Gasteiger partial charge in [-0.2, -0.15) is 0 Å². The molecule has 26 heavy (non-hydrogen) atoms. The van der Waals surface area contributed by atoms with Crippen molar-refractivity contribution in [2.45, 2.75) is 26.3 Å². The van der Waals surface area contributed by atoms with Crippen LogP contribution in [0.3, 0.4) is 0 Å². The molecule has 0 aliphatic carbocycles. The van der Waals surface area contributed by atoms with Gasteiger partial charge in [-0.25, -0.2) is 0 Å². The number of carbonyl (C=O) groups excluding carboxylic acids is 1. The van der Waals surface area contributed by atoms with Gasteiger partial charge < -0.3 is 10.0 Å². The van der Waals surface area contributed by atoms with Crippen molar-refractivity contribution in [1.29, 1.82) is 0 Å². The fourth-order valence-corrected chi connectivity index (χ4v) is 3.58. The van der Waals surface area contributed by atoms with Crippen LogP contribution in [-0.2, 0) is 0 Å². The Morgan fingerprint density at radius 3 is 2.65 bits per heavy atom. The Bertz CT molecular complexity index is 716. The molecule has 0 radical (unpaired) electrons. The molecule has 1 unspecified atom stereocenters. The second-order valence-electron chi connectivity index (χ2n) is 7.19. The first-order valence-corrected chi connectivity index (χ1v) is 9.18. The van der Waals surface area contributed by atoms with E-state index in [9.17, 15) is 9.90 Å². The van der Waals surface area contributed by atoms with Crippen LogP contribution in [0.15, 0.2) is 36.9 Å². The van der Waals surface area contributed by atoms with E-state index in [4.69, 9.17) is 0 Å². The maximum atomic E-state index is 13.2. The zero-order chi connectivity index (χ0) is 18.5. The number of aliphatic hydroxyl groups is 1. The summed E-state index contributed by atoms with van der Waals surface area (Å²) in [4.78, 5) is 17.5. The highest BCUT2D eigenvalue weighted by molar-refractivity contribution is 5.97.